The normalized spacial score (nSPS) is 12.8. The van der Waals surface area contributed by atoms with E-state index in [-0.39, 0.29) is 12.4 Å². The molecule has 1 atom stereocenters. The van der Waals surface area contributed by atoms with Crippen LogP contribution >= 0.6 is 0 Å². The largest absolute Gasteiger partial charge is 0.508 e. The van der Waals surface area contributed by atoms with Crippen LogP contribution in [0.5, 0.6) is 5.75 Å². The van der Waals surface area contributed by atoms with Gasteiger partial charge in [-0.3, -0.25) is 0 Å². The summed E-state index contributed by atoms with van der Waals surface area (Å²) in [4.78, 5) is 0. The lowest BCUT2D eigenvalue weighted by atomic mass is 10.1. The Labute approximate surface area is 77.3 Å². The smallest absolute Gasteiger partial charge is 0.118 e. The highest BCUT2D eigenvalue weighted by Gasteiger charge is 2.04. The quantitative estimate of drug-likeness (QED) is 0.641. The van der Waals surface area contributed by atoms with Gasteiger partial charge in [0.2, 0.25) is 0 Å². The maximum Gasteiger partial charge on any atom is 0.118 e. The lowest BCUT2D eigenvalue weighted by Crippen LogP contribution is -2.14. The van der Waals surface area contributed by atoms with Crippen molar-refractivity contribution in [3.63, 3.8) is 0 Å². The van der Waals surface area contributed by atoms with E-state index in [1.54, 1.807) is 25.1 Å². The first-order valence-corrected chi connectivity index (χ1v) is 4.21. The number of aliphatic hydroxyl groups is 2. The van der Waals surface area contributed by atoms with Crippen LogP contribution in [0.15, 0.2) is 18.2 Å². The number of aryl methyl sites for hydroxylation is 1. The van der Waals surface area contributed by atoms with Crippen molar-refractivity contribution in [2.75, 3.05) is 6.61 Å². The molecule has 3 N–H and O–H groups in total. The zero-order chi connectivity index (χ0) is 9.84. The molecule has 0 amide bonds. The summed E-state index contributed by atoms with van der Waals surface area (Å²) in [6.07, 6.45) is -0.304. The van der Waals surface area contributed by atoms with Crippen LogP contribution in [0.4, 0.5) is 0 Å². The lowest BCUT2D eigenvalue weighted by Gasteiger charge is -2.08. The molecule has 72 valence electrons. The van der Waals surface area contributed by atoms with E-state index in [1.807, 2.05) is 0 Å². The Kier molecular flexibility index (Phi) is 3.28. The third-order valence-electron chi connectivity index (χ3n) is 1.94. The van der Waals surface area contributed by atoms with Gasteiger partial charge in [0, 0.05) is 6.42 Å². The molecule has 0 saturated carbocycles. The molecule has 1 aromatic rings. The number of phenolic OH excluding ortho intramolecular Hbond substituents is 1. The Morgan fingerprint density at radius 3 is 2.62 bits per heavy atom. The minimum absolute atomic E-state index is 0.236. The molecule has 0 bridgehead atoms. The standard InChI is InChI=1S/C10H14O3/c1-7-4-8(2-3-10(7)13)5-9(12)6-11/h2-4,9,11-13H,5-6H2,1H3. The molecular weight excluding hydrogens is 168 g/mol. The molecule has 0 aromatic heterocycles. The number of aromatic hydroxyl groups is 1. The Morgan fingerprint density at radius 2 is 2.08 bits per heavy atom. The fourth-order valence-corrected chi connectivity index (χ4v) is 1.18. The van der Waals surface area contributed by atoms with Gasteiger partial charge >= 0.3 is 0 Å². The maximum absolute atomic E-state index is 9.22. The zero-order valence-corrected chi connectivity index (χ0v) is 7.57. The number of phenols is 1. The van der Waals surface area contributed by atoms with Gasteiger partial charge in [0.1, 0.15) is 5.75 Å². The Bertz CT molecular complexity index is 283. The molecule has 0 spiro atoms. The van der Waals surface area contributed by atoms with Crippen LogP contribution < -0.4 is 0 Å². The van der Waals surface area contributed by atoms with Crippen molar-refractivity contribution in [1.82, 2.24) is 0 Å². The van der Waals surface area contributed by atoms with Crippen LogP contribution in [0.3, 0.4) is 0 Å². The molecular formula is C10H14O3. The number of hydrogen-bond acceptors (Lipinski definition) is 3. The van der Waals surface area contributed by atoms with E-state index in [1.165, 1.54) is 0 Å². The van der Waals surface area contributed by atoms with Gasteiger partial charge in [-0.05, 0) is 24.1 Å². The van der Waals surface area contributed by atoms with E-state index in [4.69, 9.17) is 10.2 Å². The molecule has 3 heteroatoms. The highest BCUT2D eigenvalue weighted by molar-refractivity contribution is 5.35. The van der Waals surface area contributed by atoms with E-state index < -0.39 is 6.10 Å². The number of hydrogen-bond donors (Lipinski definition) is 3. The third-order valence-corrected chi connectivity index (χ3v) is 1.94. The summed E-state index contributed by atoms with van der Waals surface area (Å²) in [5.41, 5.74) is 1.69. The van der Waals surface area contributed by atoms with Gasteiger partial charge < -0.3 is 15.3 Å². The summed E-state index contributed by atoms with van der Waals surface area (Å²) in [6.45, 7) is 1.56. The second kappa shape index (κ2) is 4.25. The minimum Gasteiger partial charge on any atom is -0.508 e. The molecule has 3 nitrogen and oxygen atoms in total. The Hall–Kier alpha value is -1.06. The van der Waals surface area contributed by atoms with Gasteiger partial charge in [0.25, 0.3) is 0 Å². The summed E-state index contributed by atoms with van der Waals surface area (Å²) in [7, 11) is 0. The average molecular weight is 182 g/mol. The predicted octanol–water partition coefficient (Wildman–Crippen LogP) is 0.596. The fraction of sp³-hybridized carbons (Fsp3) is 0.400. The summed E-state index contributed by atoms with van der Waals surface area (Å²) >= 11 is 0. The summed E-state index contributed by atoms with van der Waals surface area (Å²) in [6, 6.07) is 5.13. The van der Waals surface area contributed by atoms with Crippen molar-refractivity contribution in [3.05, 3.63) is 29.3 Å². The van der Waals surface area contributed by atoms with E-state index in [0.717, 1.165) is 11.1 Å². The summed E-state index contributed by atoms with van der Waals surface area (Å²) in [5.74, 6) is 0.252. The summed E-state index contributed by atoms with van der Waals surface area (Å²) in [5, 5.41) is 27.0. The molecule has 0 saturated heterocycles. The van der Waals surface area contributed by atoms with Gasteiger partial charge in [0.15, 0.2) is 0 Å². The van der Waals surface area contributed by atoms with E-state index in [0.29, 0.717) is 6.42 Å². The van der Waals surface area contributed by atoms with Crippen molar-refractivity contribution in [3.8, 4) is 5.75 Å². The molecule has 0 aliphatic rings. The van der Waals surface area contributed by atoms with Gasteiger partial charge in [-0.25, -0.2) is 0 Å². The average Bonchev–Trinajstić information content (AvgIpc) is 2.11. The van der Waals surface area contributed by atoms with Crippen molar-refractivity contribution >= 4 is 0 Å². The van der Waals surface area contributed by atoms with Gasteiger partial charge in [-0.15, -0.1) is 0 Å². The second-order valence-corrected chi connectivity index (χ2v) is 3.16. The van der Waals surface area contributed by atoms with Crippen molar-refractivity contribution in [2.45, 2.75) is 19.4 Å². The Balaban J connectivity index is 2.73. The monoisotopic (exact) mass is 182 g/mol. The molecule has 1 aromatic carbocycles. The second-order valence-electron chi connectivity index (χ2n) is 3.16. The Morgan fingerprint density at radius 1 is 1.38 bits per heavy atom. The van der Waals surface area contributed by atoms with Crippen molar-refractivity contribution in [1.29, 1.82) is 0 Å². The molecule has 0 radical (unpaired) electrons. The van der Waals surface area contributed by atoms with Gasteiger partial charge in [-0.2, -0.15) is 0 Å². The molecule has 13 heavy (non-hydrogen) atoms. The highest BCUT2D eigenvalue weighted by atomic mass is 16.3. The summed E-state index contributed by atoms with van der Waals surface area (Å²) < 4.78 is 0. The number of aliphatic hydroxyl groups excluding tert-OH is 2. The van der Waals surface area contributed by atoms with Crippen LogP contribution in [-0.2, 0) is 6.42 Å². The molecule has 1 rings (SSSR count). The van der Waals surface area contributed by atoms with Crippen LogP contribution in [-0.4, -0.2) is 28.0 Å². The number of benzene rings is 1. The minimum atomic E-state index is -0.719. The van der Waals surface area contributed by atoms with Crippen LogP contribution in [0.2, 0.25) is 0 Å². The molecule has 0 fully saturated rings. The molecule has 0 aliphatic carbocycles. The van der Waals surface area contributed by atoms with Gasteiger partial charge in [0.05, 0.1) is 12.7 Å². The SMILES string of the molecule is Cc1cc(CC(O)CO)ccc1O. The first-order valence-electron chi connectivity index (χ1n) is 4.21. The lowest BCUT2D eigenvalue weighted by molar-refractivity contribution is 0.0955. The number of rotatable bonds is 3. The van der Waals surface area contributed by atoms with Gasteiger partial charge in [-0.1, -0.05) is 12.1 Å². The molecule has 0 aliphatic heterocycles. The van der Waals surface area contributed by atoms with Crippen LogP contribution in [0.25, 0.3) is 0 Å². The van der Waals surface area contributed by atoms with Crippen LogP contribution in [0.1, 0.15) is 11.1 Å². The van der Waals surface area contributed by atoms with E-state index in [2.05, 4.69) is 0 Å². The van der Waals surface area contributed by atoms with Crippen LogP contribution in [0, 0.1) is 6.92 Å². The van der Waals surface area contributed by atoms with Crippen molar-refractivity contribution < 1.29 is 15.3 Å². The topological polar surface area (TPSA) is 60.7 Å². The highest BCUT2D eigenvalue weighted by Crippen LogP contribution is 2.17. The molecule has 0 heterocycles. The van der Waals surface area contributed by atoms with Crippen molar-refractivity contribution in [2.24, 2.45) is 0 Å². The maximum atomic E-state index is 9.22. The molecule has 1 unspecified atom stereocenters. The fourth-order valence-electron chi connectivity index (χ4n) is 1.18. The first kappa shape index (κ1) is 10.0. The first-order chi connectivity index (χ1) is 6.13. The third kappa shape index (κ3) is 2.72. The zero-order valence-electron chi connectivity index (χ0n) is 7.57. The predicted molar refractivity (Wildman–Crippen MR) is 49.6 cm³/mol. The van der Waals surface area contributed by atoms with E-state index in [9.17, 15) is 5.11 Å². The van der Waals surface area contributed by atoms with E-state index >= 15 is 0 Å².